The van der Waals surface area contributed by atoms with Gasteiger partial charge in [-0.1, -0.05) is 53.7 Å². The average Bonchev–Trinajstić information content (AvgIpc) is 3.42. The third kappa shape index (κ3) is 9.83. The van der Waals surface area contributed by atoms with Crippen molar-refractivity contribution in [2.75, 3.05) is 19.6 Å². The first-order valence-electron chi connectivity index (χ1n) is 19.2. The van der Waals surface area contributed by atoms with Crippen LogP contribution in [0.25, 0.3) is 0 Å². The fraction of sp³-hybridized carbons (Fsp3) is 0.625. The molecule has 1 fully saturated rings. The van der Waals surface area contributed by atoms with E-state index in [4.69, 9.17) is 10.5 Å². The van der Waals surface area contributed by atoms with Crippen LogP contribution < -0.4 is 19.9 Å². The summed E-state index contributed by atoms with van der Waals surface area (Å²) >= 11 is 0. The number of carboxylic acid groups (broad SMARTS) is 1. The third-order valence-electron chi connectivity index (χ3n) is 10.8. The summed E-state index contributed by atoms with van der Waals surface area (Å²) in [5, 5.41) is 9.50. The number of carbonyl (C=O) groups excluding carboxylic acids is 1. The number of amides is 1. The Bertz CT molecular complexity index is 2020. The molecular weight excluding hydrogens is 743 g/mol. The molecule has 2 aliphatic rings. The minimum atomic E-state index is -4.25. The second-order valence-electron chi connectivity index (χ2n) is 16.7. The van der Waals surface area contributed by atoms with Crippen molar-refractivity contribution < 1.29 is 36.3 Å². The molecule has 2 aliphatic heterocycles. The zero-order valence-electron chi connectivity index (χ0n) is 34.3. The van der Waals surface area contributed by atoms with Crippen molar-refractivity contribution in [1.29, 1.82) is 0 Å². The number of carboxylic acids is 1. The van der Waals surface area contributed by atoms with Crippen molar-refractivity contribution in [2.24, 2.45) is 16.6 Å². The number of guanidine groups is 1. The summed E-state index contributed by atoms with van der Waals surface area (Å²) in [6, 6.07) is 2.68. The van der Waals surface area contributed by atoms with Gasteiger partial charge in [0, 0.05) is 31.6 Å². The lowest BCUT2D eigenvalue weighted by Crippen LogP contribution is -2.51. The highest BCUT2D eigenvalue weighted by atomic mass is 32.2. The van der Waals surface area contributed by atoms with Crippen LogP contribution in [0.5, 0.6) is 5.75 Å². The van der Waals surface area contributed by atoms with Gasteiger partial charge >= 0.3 is 5.97 Å². The summed E-state index contributed by atoms with van der Waals surface area (Å²) in [7, 11) is -8.38. The average molecular weight is 804 g/mol. The Hall–Kier alpha value is -3.69. The SMILES string of the molecule is Cc1c(C)c(S(=O)(=O)NC(N)=NCCCC(NS(=O)(=O)c2c(C(C)C)cc(C(C)C)cc2C(C)C)C(=O)N2CCC(C(=O)O)CC2)c(C)c2c1OC(C)(C)C2. The smallest absolute Gasteiger partial charge is 0.306 e. The Morgan fingerprint density at radius 3 is 1.98 bits per heavy atom. The number of likely N-dealkylation sites (tertiary alicyclic amines) is 1. The lowest BCUT2D eigenvalue weighted by Gasteiger charge is -2.33. The molecule has 1 saturated heterocycles. The van der Waals surface area contributed by atoms with Crippen LogP contribution in [0.2, 0.25) is 0 Å². The predicted octanol–water partition coefficient (Wildman–Crippen LogP) is 5.74. The first-order valence-corrected chi connectivity index (χ1v) is 22.2. The van der Waals surface area contributed by atoms with E-state index < -0.39 is 49.5 Å². The highest BCUT2D eigenvalue weighted by Crippen LogP contribution is 2.44. The van der Waals surface area contributed by atoms with Crippen LogP contribution in [0.3, 0.4) is 0 Å². The number of rotatable bonds is 14. The molecule has 2 aromatic rings. The van der Waals surface area contributed by atoms with E-state index in [-0.39, 0.29) is 78.8 Å². The zero-order valence-corrected chi connectivity index (χ0v) is 35.9. The number of fused-ring (bicyclic) bond motifs is 1. The number of hydrogen-bond donors (Lipinski definition) is 4. The van der Waals surface area contributed by atoms with Crippen LogP contribution in [0.4, 0.5) is 0 Å². The fourth-order valence-corrected chi connectivity index (χ4v) is 11.1. The van der Waals surface area contributed by atoms with Crippen LogP contribution in [0.1, 0.15) is 138 Å². The van der Waals surface area contributed by atoms with Gasteiger partial charge in [0.05, 0.1) is 15.7 Å². The molecule has 15 heteroatoms. The van der Waals surface area contributed by atoms with Gasteiger partial charge in [0.1, 0.15) is 17.4 Å². The first-order chi connectivity index (χ1) is 25.4. The van der Waals surface area contributed by atoms with E-state index in [1.54, 1.807) is 13.8 Å². The summed E-state index contributed by atoms with van der Waals surface area (Å²) in [4.78, 5) is 31.7. The lowest BCUT2D eigenvalue weighted by atomic mass is 9.89. The largest absolute Gasteiger partial charge is 0.487 e. The Kier molecular flexibility index (Phi) is 13.5. The maximum Gasteiger partial charge on any atom is 0.306 e. The molecule has 0 aliphatic carbocycles. The second kappa shape index (κ2) is 16.8. The number of ether oxygens (including phenoxy) is 1. The van der Waals surface area contributed by atoms with E-state index in [2.05, 4.69) is 28.3 Å². The van der Waals surface area contributed by atoms with Crippen molar-refractivity contribution >= 4 is 37.9 Å². The van der Waals surface area contributed by atoms with Gasteiger partial charge in [0.25, 0.3) is 10.0 Å². The van der Waals surface area contributed by atoms with Crippen molar-refractivity contribution in [2.45, 2.75) is 147 Å². The maximum absolute atomic E-state index is 14.4. The zero-order chi connectivity index (χ0) is 41.4. The van der Waals surface area contributed by atoms with Gasteiger partial charge in [-0.15, -0.1) is 0 Å². The molecule has 5 N–H and O–H groups in total. The molecule has 1 amide bonds. The number of nitrogens with two attached hydrogens (primary N) is 1. The second-order valence-corrected chi connectivity index (χ2v) is 19.9. The standard InChI is InChI=1S/C40H61N5O8S2/c1-22(2)29-19-30(23(3)4)36(31(20-29)24(5)6)55(51,52)43-33(37(46)45-17-14-28(15-18-45)38(47)48)13-12-16-42-39(41)44-54(49,50)35-26(8)25(7)34-32(27(35)9)21-40(10,11)53-34/h19-20,22-24,28,33,43H,12-18,21H2,1-11H3,(H,47,48)(H3,41,42,44). The molecule has 0 saturated carbocycles. The van der Waals surface area contributed by atoms with Crippen molar-refractivity contribution in [1.82, 2.24) is 14.3 Å². The van der Waals surface area contributed by atoms with E-state index in [1.807, 2.05) is 60.6 Å². The molecule has 0 spiro atoms. The molecule has 2 aromatic carbocycles. The van der Waals surface area contributed by atoms with Crippen LogP contribution in [0.15, 0.2) is 26.9 Å². The molecule has 55 heavy (non-hydrogen) atoms. The highest BCUT2D eigenvalue weighted by molar-refractivity contribution is 7.90. The topological polar surface area (TPSA) is 198 Å². The summed E-state index contributed by atoms with van der Waals surface area (Å²) in [6.45, 7) is 21.5. The number of aliphatic imine (C=N–C) groups is 1. The Morgan fingerprint density at radius 1 is 0.909 bits per heavy atom. The van der Waals surface area contributed by atoms with Crippen molar-refractivity contribution in [3.05, 3.63) is 51.1 Å². The van der Waals surface area contributed by atoms with Crippen LogP contribution in [0, 0.1) is 26.7 Å². The number of carbonyl (C=O) groups is 2. The number of nitrogens with one attached hydrogen (secondary N) is 2. The predicted molar refractivity (Wildman–Crippen MR) is 215 cm³/mol. The first kappa shape index (κ1) is 44.0. The van der Waals surface area contributed by atoms with E-state index in [0.717, 1.165) is 16.7 Å². The van der Waals surface area contributed by atoms with E-state index in [0.29, 0.717) is 34.4 Å². The molecule has 4 rings (SSSR count). The molecule has 2 heterocycles. The molecule has 1 unspecified atom stereocenters. The highest BCUT2D eigenvalue weighted by Gasteiger charge is 2.38. The van der Waals surface area contributed by atoms with E-state index in [9.17, 15) is 31.5 Å². The molecule has 13 nitrogen and oxygen atoms in total. The van der Waals surface area contributed by atoms with Crippen molar-refractivity contribution in [3.63, 3.8) is 0 Å². The number of hydrogen-bond acceptors (Lipinski definition) is 8. The summed E-state index contributed by atoms with van der Waals surface area (Å²) < 4.78 is 67.5. The van der Waals surface area contributed by atoms with Gasteiger partial charge < -0.3 is 20.5 Å². The molecular formula is C40H61N5O8S2. The van der Waals surface area contributed by atoms with Crippen LogP contribution in [-0.2, 0) is 36.1 Å². The summed E-state index contributed by atoms with van der Waals surface area (Å²) in [6.07, 6.45) is 1.32. The minimum absolute atomic E-state index is 0.00172. The fourth-order valence-electron chi connectivity index (χ4n) is 7.61. The van der Waals surface area contributed by atoms with Gasteiger partial charge in [0.2, 0.25) is 21.9 Å². The van der Waals surface area contributed by atoms with Gasteiger partial charge in [0.15, 0.2) is 0 Å². The quantitative estimate of drug-likeness (QED) is 0.105. The number of aliphatic carboxylic acids is 1. The van der Waals surface area contributed by atoms with Gasteiger partial charge in [-0.3, -0.25) is 14.6 Å². The number of nitrogens with zero attached hydrogens (tertiary/aromatic N) is 2. The Morgan fingerprint density at radius 2 is 1.47 bits per heavy atom. The van der Waals surface area contributed by atoms with Gasteiger partial charge in [-0.05, 0) is 111 Å². The molecule has 306 valence electrons. The lowest BCUT2D eigenvalue weighted by molar-refractivity contribution is -0.146. The van der Waals surface area contributed by atoms with E-state index in [1.165, 1.54) is 4.90 Å². The normalized spacial score (nSPS) is 17.1. The maximum atomic E-state index is 14.4. The van der Waals surface area contributed by atoms with Gasteiger partial charge in [-0.2, -0.15) is 4.72 Å². The minimum Gasteiger partial charge on any atom is -0.487 e. The van der Waals surface area contributed by atoms with Crippen LogP contribution >= 0.6 is 0 Å². The summed E-state index contributed by atoms with van der Waals surface area (Å²) in [5.74, 6) is -1.64. The Balaban J connectivity index is 1.59. The van der Waals surface area contributed by atoms with Crippen molar-refractivity contribution in [3.8, 4) is 5.75 Å². The number of benzene rings is 2. The van der Waals surface area contributed by atoms with E-state index >= 15 is 0 Å². The number of piperidine rings is 1. The molecule has 0 aromatic heterocycles. The summed E-state index contributed by atoms with van der Waals surface area (Å²) in [5.41, 5.74) is 10.7. The Labute approximate surface area is 328 Å². The molecule has 0 radical (unpaired) electrons. The van der Waals surface area contributed by atoms with Gasteiger partial charge in [-0.25, -0.2) is 21.6 Å². The molecule has 1 atom stereocenters. The molecule has 0 bridgehead atoms. The monoisotopic (exact) mass is 803 g/mol. The third-order valence-corrected chi connectivity index (χ3v) is 14.1. The van der Waals surface area contributed by atoms with Crippen LogP contribution in [-0.4, -0.2) is 76.0 Å². The number of sulfonamides is 2.